The summed E-state index contributed by atoms with van der Waals surface area (Å²) in [5, 5.41) is 9.05. The van der Waals surface area contributed by atoms with Crippen LogP contribution in [0.1, 0.15) is 35.7 Å². The van der Waals surface area contributed by atoms with Gasteiger partial charge in [-0.25, -0.2) is 4.98 Å². The zero-order chi connectivity index (χ0) is 17.9. The molecule has 2 aromatic rings. The van der Waals surface area contributed by atoms with E-state index in [1.165, 1.54) is 4.57 Å². The summed E-state index contributed by atoms with van der Waals surface area (Å²) in [5.74, 6) is -0.890. The highest BCUT2D eigenvalue weighted by Gasteiger charge is 2.21. The molecule has 0 aliphatic rings. The molecule has 0 aliphatic carbocycles. The SMILES string of the molecule is CCC(Sc1nc(C)c(Cc2ccccc2C)c(=O)n1C)C(=O)O. The summed E-state index contributed by atoms with van der Waals surface area (Å²) in [6, 6.07) is 7.96. The van der Waals surface area contributed by atoms with E-state index in [1.807, 2.05) is 38.1 Å². The largest absolute Gasteiger partial charge is 0.480 e. The maximum Gasteiger partial charge on any atom is 0.317 e. The van der Waals surface area contributed by atoms with Gasteiger partial charge in [0.1, 0.15) is 5.25 Å². The molecule has 1 N–H and O–H groups in total. The molecule has 5 nitrogen and oxygen atoms in total. The Bertz CT molecular complexity index is 814. The Hall–Kier alpha value is -2.08. The number of carboxylic acids is 1. The molecule has 1 aromatic carbocycles. The first kappa shape index (κ1) is 18.3. The number of aryl methyl sites for hydroxylation is 2. The standard InChI is InChI=1S/C18H22N2O3S/c1-5-15(17(22)23)24-18-19-12(3)14(16(21)20(18)4)10-13-9-7-6-8-11(13)2/h6-9,15H,5,10H2,1-4H3,(H,22,23). The van der Waals surface area contributed by atoms with Gasteiger partial charge in [0.2, 0.25) is 0 Å². The topological polar surface area (TPSA) is 72.2 Å². The predicted molar refractivity (Wildman–Crippen MR) is 95.8 cm³/mol. The summed E-state index contributed by atoms with van der Waals surface area (Å²) in [5.41, 5.74) is 3.42. The molecule has 0 radical (unpaired) electrons. The van der Waals surface area contributed by atoms with E-state index in [1.54, 1.807) is 14.0 Å². The van der Waals surface area contributed by atoms with Crippen molar-refractivity contribution in [1.82, 2.24) is 9.55 Å². The van der Waals surface area contributed by atoms with Crippen LogP contribution in [0.3, 0.4) is 0 Å². The van der Waals surface area contributed by atoms with Crippen LogP contribution in [0.25, 0.3) is 0 Å². The van der Waals surface area contributed by atoms with E-state index in [2.05, 4.69) is 4.98 Å². The molecule has 1 unspecified atom stereocenters. The third kappa shape index (κ3) is 3.87. The van der Waals surface area contributed by atoms with Crippen LogP contribution in [0.4, 0.5) is 0 Å². The molecule has 1 aromatic heterocycles. The number of rotatable bonds is 6. The summed E-state index contributed by atoms with van der Waals surface area (Å²) in [4.78, 5) is 28.4. The van der Waals surface area contributed by atoms with Gasteiger partial charge >= 0.3 is 5.97 Å². The number of thioether (sulfide) groups is 1. The summed E-state index contributed by atoms with van der Waals surface area (Å²) in [6.07, 6.45) is 0.999. The fourth-order valence-electron chi connectivity index (χ4n) is 2.47. The molecular weight excluding hydrogens is 324 g/mol. The molecule has 6 heteroatoms. The molecule has 0 spiro atoms. The molecular formula is C18H22N2O3S. The van der Waals surface area contributed by atoms with Crippen LogP contribution in [-0.4, -0.2) is 25.9 Å². The van der Waals surface area contributed by atoms with Gasteiger partial charge in [0.15, 0.2) is 5.16 Å². The third-order valence-corrected chi connectivity index (χ3v) is 5.47. The summed E-state index contributed by atoms with van der Waals surface area (Å²) >= 11 is 1.12. The highest BCUT2D eigenvalue weighted by molar-refractivity contribution is 8.00. The Labute approximate surface area is 145 Å². The fourth-order valence-corrected chi connectivity index (χ4v) is 3.43. The number of aliphatic carboxylic acids is 1. The Morgan fingerprint density at radius 2 is 2.00 bits per heavy atom. The van der Waals surface area contributed by atoms with Crippen LogP contribution in [-0.2, 0) is 18.3 Å². The maximum absolute atomic E-state index is 12.7. The second kappa shape index (κ2) is 7.66. The molecule has 2 rings (SSSR count). The Morgan fingerprint density at radius 3 is 2.58 bits per heavy atom. The minimum absolute atomic E-state index is 0.117. The zero-order valence-electron chi connectivity index (χ0n) is 14.4. The second-order valence-electron chi connectivity index (χ2n) is 5.78. The summed E-state index contributed by atoms with van der Waals surface area (Å²) < 4.78 is 1.46. The second-order valence-corrected chi connectivity index (χ2v) is 6.95. The summed E-state index contributed by atoms with van der Waals surface area (Å²) in [7, 11) is 1.65. The van der Waals surface area contributed by atoms with E-state index >= 15 is 0 Å². The quantitative estimate of drug-likeness (QED) is 0.643. The average molecular weight is 346 g/mol. The zero-order valence-corrected chi connectivity index (χ0v) is 15.2. The lowest BCUT2D eigenvalue weighted by atomic mass is 10.0. The van der Waals surface area contributed by atoms with Crippen LogP contribution in [0.5, 0.6) is 0 Å². The first-order valence-electron chi connectivity index (χ1n) is 7.85. The lowest BCUT2D eigenvalue weighted by molar-refractivity contribution is -0.136. The number of hydrogen-bond acceptors (Lipinski definition) is 4. The first-order chi connectivity index (χ1) is 11.3. The summed E-state index contributed by atoms with van der Waals surface area (Å²) in [6.45, 7) is 5.63. The van der Waals surface area contributed by atoms with Gasteiger partial charge in [-0.2, -0.15) is 0 Å². The van der Waals surface area contributed by atoms with Crippen molar-refractivity contribution in [2.45, 2.75) is 44.0 Å². The van der Waals surface area contributed by atoms with E-state index in [0.29, 0.717) is 29.3 Å². The van der Waals surface area contributed by atoms with Crippen molar-refractivity contribution in [2.24, 2.45) is 7.05 Å². The average Bonchev–Trinajstić information content (AvgIpc) is 2.54. The third-order valence-electron chi connectivity index (χ3n) is 4.07. The first-order valence-corrected chi connectivity index (χ1v) is 8.73. The van der Waals surface area contributed by atoms with Gasteiger partial charge in [-0.1, -0.05) is 43.0 Å². The number of hydrogen-bond donors (Lipinski definition) is 1. The number of aromatic nitrogens is 2. The molecule has 0 amide bonds. The monoisotopic (exact) mass is 346 g/mol. The highest BCUT2D eigenvalue weighted by atomic mass is 32.2. The van der Waals surface area contributed by atoms with Crippen LogP contribution in [0, 0.1) is 13.8 Å². The minimum atomic E-state index is -0.890. The Morgan fingerprint density at radius 1 is 1.33 bits per heavy atom. The Balaban J connectivity index is 2.40. The van der Waals surface area contributed by atoms with Crippen molar-refractivity contribution in [1.29, 1.82) is 0 Å². The van der Waals surface area contributed by atoms with Gasteiger partial charge in [-0.05, 0) is 31.4 Å². The predicted octanol–water partition coefficient (Wildman–Crippen LogP) is 2.94. The number of nitrogens with zero attached hydrogens (tertiary/aromatic N) is 2. The molecule has 0 bridgehead atoms. The molecule has 24 heavy (non-hydrogen) atoms. The lowest BCUT2D eigenvalue weighted by Crippen LogP contribution is -2.27. The maximum atomic E-state index is 12.7. The Kier molecular flexibility index (Phi) is 5.83. The van der Waals surface area contributed by atoms with Gasteiger partial charge < -0.3 is 5.11 Å². The van der Waals surface area contributed by atoms with Crippen molar-refractivity contribution in [3.8, 4) is 0 Å². The van der Waals surface area contributed by atoms with Crippen LogP contribution >= 0.6 is 11.8 Å². The normalized spacial score (nSPS) is 12.2. The number of carbonyl (C=O) groups is 1. The van der Waals surface area contributed by atoms with E-state index in [4.69, 9.17) is 0 Å². The van der Waals surface area contributed by atoms with Gasteiger partial charge in [-0.15, -0.1) is 0 Å². The van der Waals surface area contributed by atoms with Crippen molar-refractivity contribution >= 4 is 17.7 Å². The van der Waals surface area contributed by atoms with Crippen molar-refractivity contribution < 1.29 is 9.90 Å². The molecule has 0 saturated carbocycles. The van der Waals surface area contributed by atoms with E-state index in [9.17, 15) is 14.7 Å². The molecule has 1 atom stereocenters. The molecule has 128 valence electrons. The minimum Gasteiger partial charge on any atom is -0.480 e. The van der Waals surface area contributed by atoms with E-state index in [0.717, 1.165) is 22.9 Å². The number of carboxylic acid groups (broad SMARTS) is 1. The van der Waals surface area contributed by atoms with Crippen LogP contribution in [0.15, 0.2) is 34.2 Å². The van der Waals surface area contributed by atoms with Crippen molar-refractivity contribution in [2.75, 3.05) is 0 Å². The smallest absolute Gasteiger partial charge is 0.317 e. The molecule has 1 heterocycles. The number of benzene rings is 1. The van der Waals surface area contributed by atoms with Gasteiger partial charge in [0.05, 0.1) is 0 Å². The molecule has 0 fully saturated rings. The highest BCUT2D eigenvalue weighted by Crippen LogP contribution is 2.24. The van der Waals surface area contributed by atoms with Crippen LogP contribution < -0.4 is 5.56 Å². The van der Waals surface area contributed by atoms with E-state index in [-0.39, 0.29) is 5.56 Å². The van der Waals surface area contributed by atoms with Crippen molar-refractivity contribution in [3.63, 3.8) is 0 Å². The lowest BCUT2D eigenvalue weighted by Gasteiger charge is -2.15. The van der Waals surface area contributed by atoms with Gasteiger partial charge in [0.25, 0.3) is 5.56 Å². The van der Waals surface area contributed by atoms with Gasteiger partial charge in [-0.3, -0.25) is 14.2 Å². The van der Waals surface area contributed by atoms with E-state index < -0.39 is 11.2 Å². The molecule has 0 aliphatic heterocycles. The van der Waals surface area contributed by atoms with Crippen molar-refractivity contribution in [3.05, 3.63) is 57.0 Å². The van der Waals surface area contributed by atoms with Crippen LogP contribution in [0.2, 0.25) is 0 Å². The molecule has 0 saturated heterocycles. The fraction of sp³-hybridized carbons (Fsp3) is 0.389. The van der Waals surface area contributed by atoms with Gasteiger partial charge in [0, 0.05) is 24.7 Å².